The summed E-state index contributed by atoms with van der Waals surface area (Å²) in [7, 11) is 0. The predicted molar refractivity (Wildman–Crippen MR) is 65.3 cm³/mol. The van der Waals surface area contributed by atoms with Gasteiger partial charge in [-0.25, -0.2) is 4.79 Å². The number of rotatable bonds is 5. The number of cyclic esters (lactones) is 1. The lowest BCUT2D eigenvalue weighted by atomic mass is 9.97. The summed E-state index contributed by atoms with van der Waals surface area (Å²) in [4.78, 5) is 13.6. The number of hydrogen-bond acceptors (Lipinski definition) is 2. The highest BCUT2D eigenvalue weighted by Gasteiger charge is 2.41. The Morgan fingerprint density at radius 2 is 2.19 bits per heavy atom. The quantitative estimate of drug-likeness (QED) is 0.672. The van der Waals surface area contributed by atoms with E-state index in [1.807, 2.05) is 24.0 Å². The fourth-order valence-electron chi connectivity index (χ4n) is 2.20. The molecule has 1 saturated heterocycles. The van der Waals surface area contributed by atoms with Gasteiger partial charge in [-0.15, -0.1) is 0 Å². The van der Waals surface area contributed by atoms with E-state index in [2.05, 4.69) is 20.8 Å². The molecule has 2 atom stereocenters. The van der Waals surface area contributed by atoms with Crippen LogP contribution in [0, 0.1) is 5.92 Å². The van der Waals surface area contributed by atoms with Crippen molar-refractivity contribution in [2.75, 3.05) is 6.54 Å². The predicted octanol–water partition coefficient (Wildman–Crippen LogP) is 3.21. The van der Waals surface area contributed by atoms with E-state index in [0.717, 1.165) is 19.4 Å². The zero-order chi connectivity index (χ0) is 12.1. The first-order valence-electron chi connectivity index (χ1n) is 6.21. The van der Waals surface area contributed by atoms with Gasteiger partial charge in [-0.2, -0.15) is 0 Å². The van der Waals surface area contributed by atoms with Crippen LogP contribution in [0.5, 0.6) is 0 Å². The molecule has 0 spiro atoms. The summed E-state index contributed by atoms with van der Waals surface area (Å²) in [5.41, 5.74) is 0. The summed E-state index contributed by atoms with van der Waals surface area (Å²) < 4.78 is 5.39. The zero-order valence-electron chi connectivity index (χ0n) is 10.8. The molecule has 92 valence electrons. The van der Waals surface area contributed by atoms with Gasteiger partial charge in [-0.1, -0.05) is 33.3 Å². The second-order valence-corrected chi connectivity index (χ2v) is 4.66. The van der Waals surface area contributed by atoms with Crippen molar-refractivity contribution in [1.29, 1.82) is 0 Å². The summed E-state index contributed by atoms with van der Waals surface area (Å²) >= 11 is 0. The van der Waals surface area contributed by atoms with Crippen molar-refractivity contribution in [1.82, 2.24) is 4.90 Å². The van der Waals surface area contributed by atoms with Gasteiger partial charge in [0.1, 0.15) is 6.10 Å². The Morgan fingerprint density at radius 1 is 1.50 bits per heavy atom. The number of nitrogens with zero attached hydrogens (tertiary/aromatic N) is 1. The van der Waals surface area contributed by atoms with Crippen LogP contribution in [0.1, 0.15) is 40.5 Å². The monoisotopic (exact) mass is 225 g/mol. The molecule has 0 bridgehead atoms. The Labute approximate surface area is 98.5 Å². The highest BCUT2D eigenvalue weighted by atomic mass is 16.6. The molecule has 0 N–H and O–H groups in total. The first-order chi connectivity index (χ1) is 7.61. The molecule has 0 radical (unpaired) electrons. The maximum absolute atomic E-state index is 11.8. The fourth-order valence-corrected chi connectivity index (χ4v) is 2.20. The second kappa shape index (κ2) is 5.92. The van der Waals surface area contributed by atoms with Crippen molar-refractivity contribution in [3.05, 3.63) is 12.2 Å². The highest BCUT2D eigenvalue weighted by Crippen LogP contribution is 2.26. The van der Waals surface area contributed by atoms with Gasteiger partial charge in [0.2, 0.25) is 0 Å². The first-order valence-corrected chi connectivity index (χ1v) is 6.21. The Balaban J connectivity index is 2.76. The molecule has 1 aliphatic heterocycles. The largest absolute Gasteiger partial charge is 0.440 e. The fraction of sp³-hybridized carbons (Fsp3) is 0.769. The zero-order valence-corrected chi connectivity index (χ0v) is 10.8. The Kier molecular flexibility index (Phi) is 4.84. The van der Waals surface area contributed by atoms with E-state index < -0.39 is 0 Å². The van der Waals surface area contributed by atoms with E-state index in [1.54, 1.807) is 0 Å². The van der Waals surface area contributed by atoms with Crippen LogP contribution in [0.2, 0.25) is 0 Å². The van der Waals surface area contributed by atoms with Gasteiger partial charge in [-0.05, 0) is 25.3 Å². The minimum Gasteiger partial charge on any atom is -0.440 e. The Bertz CT molecular complexity index is 261. The molecule has 0 unspecified atom stereocenters. The first kappa shape index (κ1) is 13.1. The van der Waals surface area contributed by atoms with E-state index >= 15 is 0 Å². The number of hydrogen-bond donors (Lipinski definition) is 0. The lowest BCUT2D eigenvalue weighted by molar-refractivity contribution is 0.145. The lowest BCUT2D eigenvalue weighted by Gasteiger charge is -2.26. The van der Waals surface area contributed by atoms with Crippen LogP contribution < -0.4 is 0 Å². The van der Waals surface area contributed by atoms with Gasteiger partial charge < -0.3 is 9.64 Å². The smallest absolute Gasteiger partial charge is 0.410 e. The Morgan fingerprint density at radius 3 is 2.69 bits per heavy atom. The van der Waals surface area contributed by atoms with E-state index in [-0.39, 0.29) is 18.2 Å². The van der Waals surface area contributed by atoms with Crippen LogP contribution in [0.15, 0.2) is 12.2 Å². The molecule has 1 aliphatic rings. The van der Waals surface area contributed by atoms with E-state index in [4.69, 9.17) is 4.74 Å². The molecule has 1 amide bonds. The number of unbranched alkanes of at least 4 members (excludes halogenated alkanes) is 1. The normalized spacial score (nSPS) is 25.8. The number of amides is 1. The van der Waals surface area contributed by atoms with E-state index in [0.29, 0.717) is 5.92 Å². The molecule has 1 fully saturated rings. The van der Waals surface area contributed by atoms with Crippen molar-refractivity contribution >= 4 is 6.09 Å². The second-order valence-electron chi connectivity index (χ2n) is 4.66. The van der Waals surface area contributed by atoms with Gasteiger partial charge in [0.05, 0.1) is 6.04 Å². The topological polar surface area (TPSA) is 29.5 Å². The van der Waals surface area contributed by atoms with Crippen molar-refractivity contribution in [2.24, 2.45) is 5.92 Å². The summed E-state index contributed by atoms with van der Waals surface area (Å²) in [6.07, 6.45) is 5.85. The average molecular weight is 225 g/mol. The summed E-state index contributed by atoms with van der Waals surface area (Å²) in [5.74, 6) is 0.421. The van der Waals surface area contributed by atoms with Gasteiger partial charge >= 0.3 is 6.09 Å². The molecule has 16 heavy (non-hydrogen) atoms. The molecular weight excluding hydrogens is 202 g/mol. The number of carbonyl (C=O) groups excluding carboxylic acids is 1. The van der Waals surface area contributed by atoms with Crippen molar-refractivity contribution in [3.63, 3.8) is 0 Å². The third-order valence-electron chi connectivity index (χ3n) is 2.99. The van der Waals surface area contributed by atoms with Gasteiger partial charge in [0.15, 0.2) is 0 Å². The maximum atomic E-state index is 11.8. The molecule has 3 heteroatoms. The minimum absolute atomic E-state index is 0.0747. The molecule has 0 aromatic carbocycles. The molecule has 0 aromatic heterocycles. The molecule has 1 heterocycles. The molecule has 0 saturated carbocycles. The molecule has 0 aromatic rings. The van der Waals surface area contributed by atoms with Crippen LogP contribution in [0.3, 0.4) is 0 Å². The summed E-state index contributed by atoms with van der Waals surface area (Å²) in [6.45, 7) is 9.19. The van der Waals surface area contributed by atoms with Gasteiger partial charge in [0.25, 0.3) is 0 Å². The average Bonchev–Trinajstić information content (AvgIpc) is 2.52. The third kappa shape index (κ3) is 2.77. The SMILES string of the molecule is C/C=C/[C@H]1OC(=O)N(CCCC)[C@@H]1C(C)C. The van der Waals surface area contributed by atoms with Gasteiger partial charge in [-0.3, -0.25) is 0 Å². The molecular formula is C13H23NO2. The van der Waals surface area contributed by atoms with Gasteiger partial charge in [0, 0.05) is 6.54 Å². The number of allylic oxidation sites excluding steroid dienone is 1. The van der Waals surface area contributed by atoms with E-state index in [1.165, 1.54) is 0 Å². The van der Waals surface area contributed by atoms with Crippen LogP contribution in [0.25, 0.3) is 0 Å². The summed E-state index contributed by atoms with van der Waals surface area (Å²) in [5, 5.41) is 0. The van der Waals surface area contributed by atoms with E-state index in [9.17, 15) is 4.79 Å². The van der Waals surface area contributed by atoms with Crippen LogP contribution >= 0.6 is 0 Å². The lowest BCUT2D eigenvalue weighted by Crippen LogP contribution is -2.40. The molecule has 0 aliphatic carbocycles. The Hall–Kier alpha value is -0.990. The van der Waals surface area contributed by atoms with Crippen LogP contribution in [-0.2, 0) is 4.74 Å². The standard InChI is InChI=1S/C13H23NO2/c1-5-7-9-14-12(10(3)4)11(8-6-2)16-13(14)15/h6,8,10-12H,5,7,9H2,1-4H3/b8-6+/t11-,12-/m1/s1. The maximum Gasteiger partial charge on any atom is 0.410 e. The van der Waals surface area contributed by atoms with Crippen molar-refractivity contribution in [2.45, 2.75) is 52.7 Å². The van der Waals surface area contributed by atoms with Crippen molar-refractivity contribution < 1.29 is 9.53 Å². The van der Waals surface area contributed by atoms with Crippen LogP contribution in [0.4, 0.5) is 4.79 Å². The number of ether oxygens (including phenoxy) is 1. The minimum atomic E-state index is -0.157. The molecule has 1 rings (SSSR count). The number of carbonyl (C=O) groups is 1. The highest BCUT2D eigenvalue weighted by molar-refractivity contribution is 5.71. The third-order valence-corrected chi connectivity index (χ3v) is 2.99. The van der Waals surface area contributed by atoms with Crippen LogP contribution in [-0.4, -0.2) is 29.7 Å². The molecule has 3 nitrogen and oxygen atoms in total. The van der Waals surface area contributed by atoms with Crippen molar-refractivity contribution in [3.8, 4) is 0 Å². The summed E-state index contributed by atoms with van der Waals surface area (Å²) in [6, 6.07) is 0.190.